The van der Waals surface area contributed by atoms with Crippen molar-refractivity contribution in [2.24, 2.45) is 0 Å². The van der Waals surface area contributed by atoms with Crippen LogP contribution >= 0.6 is 11.6 Å². The van der Waals surface area contributed by atoms with Crippen molar-refractivity contribution in [3.05, 3.63) is 68.7 Å². The predicted octanol–water partition coefficient (Wildman–Crippen LogP) is 3.31. The number of hydrogen-bond donors (Lipinski definition) is 1. The molecule has 1 aliphatic rings. The summed E-state index contributed by atoms with van der Waals surface area (Å²) in [6.07, 6.45) is 0. The molecule has 1 aliphatic heterocycles. The monoisotopic (exact) mass is 402 g/mol. The topological polar surface area (TPSA) is 78.7 Å². The maximum Gasteiger partial charge on any atom is 0.289 e. The largest absolute Gasteiger partial charge is 0.325 e. The van der Waals surface area contributed by atoms with Crippen LogP contribution in [0.15, 0.2) is 42.5 Å². The van der Waals surface area contributed by atoms with Gasteiger partial charge in [-0.25, -0.2) is 0 Å². The molecule has 1 heterocycles. The number of nitro benzene ring substituents is 1. The van der Waals surface area contributed by atoms with E-state index in [0.717, 1.165) is 32.7 Å². The zero-order chi connectivity index (χ0) is 20.1. The highest BCUT2D eigenvalue weighted by molar-refractivity contribution is 6.32. The van der Waals surface area contributed by atoms with Crippen molar-refractivity contribution >= 4 is 28.9 Å². The molecule has 1 saturated heterocycles. The van der Waals surface area contributed by atoms with Gasteiger partial charge in [-0.1, -0.05) is 41.4 Å². The molecular formula is C20H23ClN4O3. The second-order valence-electron chi connectivity index (χ2n) is 7.01. The Labute approximate surface area is 169 Å². The number of nitrogens with one attached hydrogen (secondary N) is 1. The van der Waals surface area contributed by atoms with E-state index in [2.05, 4.69) is 46.3 Å². The van der Waals surface area contributed by atoms with Crippen LogP contribution in [0.2, 0.25) is 5.02 Å². The second kappa shape index (κ2) is 9.14. The minimum Gasteiger partial charge on any atom is -0.325 e. The Balaban J connectivity index is 1.46. The molecule has 28 heavy (non-hydrogen) atoms. The van der Waals surface area contributed by atoms with Crippen LogP contribution in [0.1, 0.15) is 11.1 Å². The van der Waals surface area contributed by atoms with E-state index in [0.29, 0.717) is 5.69 Å². The maximum atomic E-state index is 12.3. The van der Waals surface area contributed by atoms with Crippen molar-refractivity contribution in [2.45, 2.75) is 13.5 Å². The standard InChI is InChI=1S/C20H23ClN4O3/c1-15-2-4-16(5-3-15)13-23-8-10-24(11-9-23)14-20(26)22-17-6-7-18(21)19(12-17)25(27)28/h2-7,12H,8-11,13-14H2,1H3,(H,22,26). The molecule has 7 nitrogen and oxygen atoms in total. The molecular weight excluding hydrogens is 380 g/mol. The first kappa shape index (κ1) is 20.3. The zero-order valence-electron chi connectivity index (χ0n) is 15.7. The summed E-state index contributed by atoms with van der Waals surface area (Å²) < 4.78 is 0. The second-order valence-corrected chi connectivity index (χ2v) is 7.42. The molecule has 0 spiro atoms. The lowest BCUT2D eigenvalue weighted by Gasteiger charge is -2.34. The molecule has 0 aliphatic carbocycles. The SMILES string of the molecule is Cc1ccc(CN2CCN(CC(=O)Nc3ccc(Cl)c([N+](=O)[O-])c3)CC2)cc1. The number of piperazine rings is 1. The quantitative estimate of drug-likeness (QED) is 0.592. The summed E-state index contributed by atoms with van der Waals surface area (Å²) in [6.45, 7) is 6.65. The van der Waals surface area contributed by atoms with Gasteiger partial charge in [0.05, 0.1) is 11.5 Å². The lowest BCUT2D eigenvalue weighted by atomic mass is 10.1. The third-order valence-corrected chi connectivity index (χ3v) is 5.11. The van der Waals surface area contributed by atoms with Crippen LogP contribution in [0.5, 0.6) is 0 Å². The molecule has 2 aromatic rings. The van der Waals surface area contributed by atoms with Crippen LogP contribution in [0, 0.1) is 17.0 Å². The number of carbonyl (C=O) groups is 1. The van der Waals surface area contributed by atoms with Crippen LogP contribution < -0.4 is 5.32 Å². The fourth-order valence-corrected chi connectivity index (χ4v) is 3.38. The molecule has 3 rings (SSSR count). The molecule has 1 fully saturated rings. The first-order valence-electron chi connectivity index (χ1n) is 9.15. The summed E-state index contributed by atoms with van der Waals surface area (Å²) in [5, 5.41) is 13.7. The minimum atomic E-state index is -0.564. The Hall–Kier alpha value is -2.48. The fraction of sp³-hybridized carbons (Fsp3) is 0.350. The summed E-state index contributed by atoms with van der Waals surface area (Å²) in [5.74, 6) is -0.191. The van der Waals surface area contributed by atoms with E-state index in [4.69, 9.17) is 11.6 Å². The number of nitrogens with zero attached hydrogens (tertiary/aromatic N) is 3. The number of anilines is 1. The molecule has 1 N–H and O–H groups in total. The molecule has 0 radical (unpaired) electrons. The number of rotatable bonds is 6. The van der Waals surface area contributed by atoms with Crippen LogP contribution in [0.4, 0.5) is 11.4 Å². The van der Waals surface area contributed by atoms with E-state index < -0.39 is 4.92 Å². The highest BCUT2D eigenvalue weighted by atomic mass is 35.5. The number of hydrogen-bond acceptors (Lipinski definition) is 5. The average Bonchev–Trinajstić information content (AvgIpc) is 2.66. The highest BCUT2D eigenvalue weighted by Crippen LogP contribution is 2.27. The molecule has 0 unspecified atom stereocenters. The fourth-order valence-electron chi connectivity index (χ4n) is 3.19. The number of aryl methyl sites for hydroxylation is 1. The summed E-state index contributed by atoms with van der Waals surface area (Å²) in [4.78, 5) is 27.1. The number of nitro groups is 1. The van der Waals surface area contributed by atoms with Crippen LogP contribution in [-0.4, -0.2) is 53.4 Å². The van der Waals surface area contributed by atoms with Crippen molar-refractivity contribution in [2.75, 3.05) is 38.0 Å². The van der Waals surface area contributed by atoms with Gasteiger partial charge in [0.2, 0.25) is 5.91 Å². The average molecular weight is 403 g/mol. The number of amides is 1. The molecule has 1 amide bonds. The van der Waals surface area contributed by atoms with E-state index in [9.17, 15) is 14.9 Å². The Kier molecular flexibility index (Phi) is 6.61. The van der Waals surface area contributed by atoms with Gasteiger partial charge in [-0.15, -0.1) is 0 Å². The summed E-state index contributed by atoms with van der Waals surface area (Å²) in [6, 6.07) is 12.8. The zero-order valence-corrected chi connectivity index (χ0v) is 16.5. The van der Waals surface area contributed by atoms with Gasteiger partial charge in [0.1, 0.15) is 5.02 Å². The predicted molar refractivity (Wildman–Crippen MR) is 110 cm³/mol. The van der Waals surface area contributed by atoms with Gasteiger partial charge in [-0.2, -0.15) is 0 Å². The van der Waals surface area contributed by atoms with E-state index in [1.54, 1.807) is 6.07 Å². The van der Waals surface area contributed by atoms with Gasteiger partial charge in [-0.3, -0.25) is 24.7 Å². The molecule has 8 heteroatoms. The third-order valence-electron chi connectivity index (χ3n) is 4.79. The first-order chi connectivity index (χ1) is 13.4. The van der Waals surface area contributed by atoms with Crippen molar-refractivity contribution in [3.63, 3.8) is 0 Å². The van der Waals surface area contributed by atoms with E-state index in [1.807, 2.05) is 0 Å². The molecule has 0 bridgehead atoms. The Bertz CT molecular complexity index is 849. The molecule has 0 aromatic heterocycles. The van der Waals surface area contributed by atoms with Crippen LogP contribution in [0.25, 0.3) is 0 Å². The summed E-state index contributed by atoms with van der Waals surface area (Å²) in [5.41, 5.74) is 2.70. The maximum absolute atomic E-state index is 12.3. The van der Waals surface area contributed by atoms with E-state index >= 15 is 0 Å². The number of carbonyl (C=O) groups excluding carboxylic acids is 1. The van der Waals surface area contributed by atoms with Crippen molar-refractivity contribution < 1.29 is 9.72 Å². The van der Waals surface area contributed by atoms with Gasteiger partial charge >= 0.3 is 0 Å². The minimum absolute atomic E-state index is 0.0488. The highest BCUT2D eigenvalue weighted by Gasteiger charge is 2.20. The lowest BCUT2D eigenvalue weighted by Crippen LogP contribution is -2.48. The molecule has 0 atom stereocenters. The lowest BCUT2D eigenvalue weighted by molar-refractivity contribution is -0.384. The number of halogens is 1. The summed E-state index contributed by atoms with van der Waals surface area (Å²) in [7, 11) is 0. The third kappa shape index (κ3) is 5.51. The molecule has 0 saturated carbocycles. The van der Waals surface area contributed by atoms with Gasteiger partial charge in [0, 0.05) is 44.5 Å². The Morgan fingerprint density at radius 2 is 1.75 bits per heavy atom. The van der Waals surface area contributed by atoms with Crippen molar-refractivity contribution in [3.8, 4) is 0 Å². The Morgan fingerprint density at radius 1 is 1.11 bits per heavy atom. The van der Waals surface area contributed by atoms with E-state index in [-0.39, 0.29) is 23.2 Å². The van der Waals surface area contributed by atoms with Gasteiger partial charge in [0.15, 0.2) is 0 Å². The summed E-state index contributed by atoms with van der Waals surface area (Å²) >= 11 is 5.80. The van der Waals surface area contributed by atoms with Gasteiger partial charge in [0.25, 0.3) is 5.69 Å². The number of benzene rings is 2. The van der Waals surface area contributed by atoms with Crippen molar-refractivity contribution in [1.29, 1.82) is 0 Å². The normalized spacial score (nSPS) is 15.4. The van der Waals surface area contributed by atoms with Gasteiger partial charge in [-0.05, 0) is 24.6 Å². The first-order valence-corrected chi connectivity index (χ1v) is 9.52. The van der Waals surface area contributed by atoms with Crippen LogP contribution in [-0.2, 0) is 11.3 Å². The molecule has 2 aromatic carbocycles. The molecule has 148 valence electrons. The Morgan fingerprint density at radius 3 is 2.39 bits per heavy atom. The van der Waals surface area contributed by atoms with Crippen LogP contribution in [0.3, 0.4) is 0 Å². The van der Waals surface area contributed by atoms with Gasteiger partial charge < -0.3 is 5.32 Å². The van der Waals surface area contributed by atoms with Crippen molar-refractivity contribution in [1.82, 2.24) is 9.80 Å². The smallest absolute Gasteiger partial charge is 0.289 e. The van der Waals surface area contributed by atoms with E-state index in [1.165, 1.54) is 23.3 Å².